The molecule has 0 aromatic heterocycles. The number of ether oxygens (including phenoxy) is 2. The molecule has 10 heteroatoms. The highest BCUT2D eigenvalue weighted by atomic mass is 31.2. The van der Waals surface area contributed by atoms with Gasteiger partial charge in [-0.05, 0) is 70.6 Å². The molecule has 0 fully saturated rings. The maximum Gasteiger partial charge on any atom is 0.472 e. The van der Waals surface area contributed by atoms with Crippen LogP contribution in [0.5, 0.6) is 0 Å². The standard InChI is InChI=1S/C77H140NO8P/c1-3-5-7-9-11-13-15-17-19-21-23-25-27-29-31-32-33-34-35-36-37-38-39-40-41-42-44-45-47-49-51-53-55-57-59-61-63-65-67-69-76(79)83-73-75(74-85-87(81,82)84-72-71-78)86-77(80)70-68-66-64-62-60-58-56-54-52-50-48-46-43-30-28-26-24-22-20-18-16-14-12-10-8-6-4-2/h6,8,12,14,18,20,24,26,30,43,48,50,54,56,75H,3-5,7,9-11,13,15-17,19,21-23,25,27-29,31-42,44-47,49,51-53,55,57-74,78H2,1-2H3,(H,81,82)/b8-6-,14-12-,20-18-,26-24-,43-30-,50-48-,56-54-. The molecule has 0 aromatic carbocycles. The summed E-state index contributed by atoms with van der Waals surface area (Å²) in [4.78, 5) is 35.4. The third kappa shape index (κ3) is 72.1. The van der Waals surface area contributed by atoms with E-state index in [1.54, 1.807) is 0 Å². The van der Waals surface area contributed by atoms with E-state index < -0.39 is 26.5 Å². The number of rotatable bonds is 70. The molecule has 0 aliphatic heterocycles. The molecule has 0 amide bonds. The Morgan fingerprint density at radius 3 is 0.943 bits per heavy atom. The number of hydrogen-bond donors (Lipinski definition) is 2. The Morgan fingerprint density at radius 2 is 0.632 bits per heavy atom. The molecule has 0 rings (SSSR count). The van der Waals surface area contributed by atoms with Crippen molar-refractivity contribution < 1.29 is 37.6 Å². The van der Waals surface area contributed by atoms with Crippen molar-refractivity contribution in [3.8, 4) is 0 Å². The minimum Gasteiger partial charge on any atom is -0.462 e. The highest BCUT2D eigenvalue weighted by Gasteiger charge is 2.26. The van der Waals surface area contributed by atoms with Crippen LogP contribution in [0, 0.1) is 0 Å². The van der Waals surface area contributed by atoms with Gasteiger partial charge in [-0.3, -0.25) is 18.6 Å². The number of unbranched alkanes of at least 4 members (excludes halogenated alkanes) is 43. The van der Waals surface area contributed by atoms with Gasteiger partial charge >= 0.3 is 19.8 Å². The lowest BCUT2D eigenvalue weighted by Gasteiger charge is -2.19. The van der Waals surface area contributed by atoms with Gasteiger partial charge in [0.05, 0.1) is 13.2 Å². The lowest BCUT2D eigenvalue weighted by atomic mass is 10.0. The molecule has 0 heterocycles. The van der Waals surface area contributed by atoms with Crippen LogP contribution >= 0.6 is 7.82 Å². The highest BCUT2D eigenvalue weighted by molar-refractivity contribution is 7.47. The van der Waals surface area contributed by atoms with Crippen LogP contribution in [0.15, 0.2) is 85.1 Å². The van der Waals surface area contributed by atoms with E-state index in [1.165, 1.54) is 231 Å². The fourth-order valence-corrected chi connectivity index (χ4v) is 11.6. The monoisotopic (exact) mass is 1240 g/mol. The number of phosphoric acid groups is 1. The highest BCUT2D eigenvalue weighted by Crippen LogP contribution is 2.43. The van der Waals surface area contributed by atoms with E-state index in [1.807, 2.05) is 0 Å². The van der Waals surface area contributed by atoms with Gasteiger partial charge in [0.15, 0.2) is 6.10 Å². The van der Waals surface area contributed by atoms with Crippen LogP contribution in [0.3, 0.4) is 0 Å². The van der Waals surface area contributed by atoms with Crippen LogP contribution in [-0.2, 0) is 32.7 Å². The minimum atomic E-state index is -4.40. The third-order valence-corrected chi connectivity index (χ3v) is 17.3. The van der Waals surface area contributed by atoms with Gasteiger partial charge in [-0.1, -0.05) is 362 Å². The van der Waals surface area contributed by atoms with E-state index in [4.69, 9.17) is 24.3 Å². The normalized spacial score (nSPS) is 13.4. The second-order valence-electron chi connectivity index (χ2n) is 24.8. The Balaban J connectivity index is 3.82. The van der Waals surface area contributed by atoms with Crippen LogP contribution in [0.1, 0.15) is 361 Å². The topological polar surface area (TPSA) is 134 Å². The molecule has 0 spiro atoms. The molecule has 0 bridgehead atoms. The first kappa shape index (κ1) is 84.2. The zero-order valence-electron chi connectivity index (χ0n) is 57.0. The zero-order chi connectivity index (χ0) is 63.0. The Labute approximate surface area is 538 Å². The van der Waals surface area contributed by atoms with Gasteiger partial charge in [-0.25, -0.2) is 4.57 Å². The molecule has 9 nitrogen and oxygen atoms in total. The van der Waals surface area contributed by atoms with Gasteiger partial charge in [0.2, 0.25) is 0 Å². The Morgan fingerprint density at radius 1 is 0.356 bits per heavy atom. The van der Waals surface area contributed by atoms with Crippen LogP contribution in [-0.4, -0.2) is 49.3 Å². The maximum atomic E-state index is 12.8. The van der Waals surface area contributed by atoms with Crippen LogP contribution in [0.4, 0.5) is 0 Å². The summed E-state index contributed by atoms with van der Waals surface area (Å²) in [6, 6.07) is 0. The van der Waals surface area contributed by atoms with E-state index in [9.17, 15) is 19.0 Å². The van der Waals surface area contributed by atoms with Crippen LogP contribution < -0.4 is 5.73 Å². The van der Waals surface area contributed by atoms with E-state index >= 15 is 0 Å². The van der Waals surface area contributed by atoms with Gasteiger partial charge in [-0.2, -0.15) is 0 Å². The summed E-state index contributed by atoms with van der Waals surface area (Å²) in [5.74, 6) is -0.840. The summed E-state index contributed by atoms with van der Waals surface area (Å²) >= 11 is 0. The van der Waals surface area contributed by atoms with Gasteiger partial charge in [0, 0.05) is 19.4 Å². The van der Waals surface area contributed by atoms with Crippen LogP contribution in [0.2, 0.25) is 0 Å². The molecule has 0 aliphatic carbocycles. The van der Waals surface area contributed by atoms with Crippen molar-refractivity contribution in [3.63, 3.8) is 0 Å². The summed E-state index contributed by atoms with van der Waals surface area (Å²) in [5.41, 5.74) is 5.40. The largest absolute Gasteiger partial charge is 0.472 e. The molecule has 87 heavy (non-hydrogen) atoms. The van der Waals surface area contributed by atoms with Crippen molar-refractivity contribution in [3.05, 3.63) is 85.1 Å². The summed E-state index contributed by atoms with van der Waals surface area (Å²) < 4.78 is 33.2. The molecular weight excluding hydrogens is 1100 g/mol. The van der Waals surface area contributed by atoms with Crippen molar-refractivity contribution in [2.24, 2.45) is 5.73 Å². The lowest BCUT2D eigenvalue weighted by Crippen LogP contribution is -2.29. The van der Waals surface area contributed by atoms with Gasteiger partial charge < -0.3 is 20.1 Å². The Kier molecular flexibility index (Phi) is 69.9. The SMILES string of the molecule is CC/C=C\C/C=C\C/C=C\C/C=C\C/C=C\C/C=C\C/C=C\CCCCCCCC(=O)OC(COC(=O)CCCCCCCCCCCCCCCCCCCCCCCCCCCCCCCCCCCCCCCCC)COP(=O)(O)OCCN. The Bertz CT molecular complexity index is 1700. The third-order valence-electron chi connectivity index (χ3n) is 16.3. The molecular formula is C77H140NO8P. The fraction of sp³-hybridized carbons (Fsp3) is 0.792. The molecule has 2 atom stereocenters. The molecule has 0 saturated carbocycles. The molecule has 0 aromatic rings. The predicted molar refractivity (Wildman–Crippen MR) is 376 cm³/mol. The first-order valence-electron chi connectivity index (χ1n) is 37.1. The molecule has 506 valence electrons. The molecule has 0 aliphatic rings. The summed E-state index contributed by atoms with van der Waals surface area (Å²) in [7, 11) is -4.40. The Hall–Kier alpha value is -2.81. The molecule has 2 unspecified atom stereocenters. The average molecular weight is 1240 g/mol. The second kappa shape index (κ2) is 72.3. The number of carbonyl (C=O) groups is 2. The van der Waals surface area contributed by atoms with E-state index in [0.717, 1.165) is 96.3 Å². The summed E-state index contributed by atoms with van der Waals surface area (Å²) in [5, 5.41) is 0. The van der Waals surface area contributed by atoms with Crippen molar-refractivity contribution >= 4 is 19.8 Å². The van der Waals surface area contributed by atoms with Crippen molar-refractivity contribution in [1.82, 2.24) is 0 Å². The van der Waals surface area contributed by atoms with Crippen molar-refractivity contribution in [2.75, 3.05) is 26.4 Å². The smallest absolute Gasteiger partial charge is 0.462 e. The maximum absolute atomic E-state index is 12.8. The minimum absolute atomic E-state index is 0.0471. The number of esters is 2. The molecule has 0 radical (unpaired) electrons. The zero-order valence-corrected chi connectivity index (χ0v) is 57.9. The van der Waals surface area contributed by atoms with Gasteiger partial charge in [0.25, 0.3) is 0 Å². The lowest BCUT2D eigenvalue weighted by molar-refractivity contribution is -0.161. The first-order valence-corrected chi connectivity index (χ1v) is 38.6. The first-order chi connectivity index (χ1) is 42.8. The van der Waals surface area contributed by atoms with Gasteiger partial charge in [-0.15, -0.1) is 0 Å². The number of allylic oxidation sites excluding steroid dienone is 14. The van der Waals surface area contributed by atoms with Crippen molar-refractivity contribution in [2.45, 2.75) is 367 Å². The second-order valence-corrected chi connectivity index (χ2v) is 26.2. The number of carbonyl (C=O) groups excluding carboxylic acids is 2. The molecule has 3 N–H and O–H groups in total. The predicted octanol–water partition coefficient (Wildman–Crippen LogP) is 24.5. The quantitative estimate of drug-likeness (QED) is 0.0264. The average Bonchev–Trinajstić information content (AvgIpc) is 3.62. The van der Waals surface area contributed by atoms with E-state index in [2.05, 4.69) is 98.9 Å². The van der Waals surface area contributed by atoms with E-state index in [0.29, 0.717) is 6.42 Å². The van der Waals surface area contributed by atoms with Crippen molar-refractivity contribution in [1.29, 1.82) is 0 Å². The molecule has 0 saturated heterocycles. The number of phosphoric ester groups is 1. The summed E-state index contributed by atoms with van der Waals surface area (Å²) in [6.07, 6.45) is 97.1. The van der Waals surface area contributed by atoms with E-state index in [-0.39, 0.29) is 38.6 Å². The number of nitrogens with two attached hydrogens (primary N) is 1. The number of hydrogen-bond acceptors (Lipinski definition) is 8. The van der Waals surface area contributed by atoms with Crippen LogP contribution in [0.25, 0.3) is 0 Å². The fourth-order valence-electron chi connectivity index (χ4n) is 10.9. The van der Waals surface area contributed by atoms with Gasteiger partial charge in [0.1, 0.15) is 6.61 Å². The summed E-state index contributed by atoms with van der Waals surface area (Å²) in [6.45, 7) is 3.65.